The molecule has 0 bridgehead atoms. The third-order valence-corrected chi connectivity index (χ3v) is 3.42. The molecule has 1 saturated heterocycles. The molecule has 0 atom stereocenters. The summed E-state index contributed by atoms with van der Waals surface area (Å²) in [6, 6.07) is 7.41. The fourth-order valence-corrected chi connectivity index (χ4v) is 2.32. The summed E-state index contributed by atoms with van der Waals surface area (Å²) in [5, 5.41) is 0. The smallest absolute Gasteiger partial charge is 0.240 e. The van der Waals surface area contributed by atoms with Crippen LogP contribution in [-0.4, -0.2) is 38.8 Å². The SMILES string of the molecule is O=C(CCN1C(=O)CCC1=O)Nn1cnc2ccccc21. The van der Waals surface area contributed by atoms with Crippen LogP contribution in [0.4, 0.5) is 0 Å². The van der Waals surface area contributed by atoms with Crippen molar-refractivity contribution >= 4 is 28.8 Å². The summed E-state index contributed by atoms with van der Waals surface area (Å²) < 4.78 is 1.53. The number of imide groups is 1. The highest BCUT2D eigenvalue weighted by atomic mass is 16.2. The van der Waals surface area contributed by atoms with Crippen LogP contribution in [0.2, 0.25) is 0 Å². The molecular formula is C14H14N4O3. The first-order valence-corrected chi connectivity index (χ1v) is 6.70. The highest BCUT2D eigenvalue weighted by Gasteiger charge is 2.28. The van der Waals surface area contributed by atoms with Crippen LogP contribution < -0.4 is 5.43 Å². The first-order valence-electron chi connectivity index (χ1n) is 6.70. The molecule has 1 aliphatic rings. The van der Waals surface area contributed by atoms with Gasteiger partial charge in [0.1, 0.15) is 6.33 Å². The highest BCUT2D eigenvalue weighted by Crippen LogP contribution is 2.12. The van der Waals surface area contributed by atoms with E-state index in [-0.39, 0.29) is 43.5 Å². The quantitative estimate of drug-likeness (QED) is 0.836. The van der Waals surface area contributed by atoms with E-state index >= 15 is 0 Å². The number of carbonyl (C=O) groups is 3. The maximum Gasteiger partial charge on any atom is 0.240 e. The molecule has 21 heavy (non-hydrogen) atoms. The van der Waals surface area contributed by atoms with E-state index in [1.807, 2.05) is 24.3 Å². The monoisotopic (exact) mass is 286 g/mol. The van der Waals surface area contributed by atoms with Gasteiger partial charge in [0.05, 0.1) is 11.0 Å². The molecule has 1 N–H and O–H groups in total. The Hall–Kier alpha value is -2.70. The molecule has 0 spiro atoms. The fraction of sp³-hybridized carbons (Fsp3) is 0.286. The number of hydrogen-bond donors (Lipinski definition) is 1. The lowest BCUT2D eigenvalue weighted by atomic mass is 10.3. The van der Waals surface area contributed by atoms with Gasteiger partial charge in [0.2, 0.25) is 17.7 Å². The zero-order valence-electron chi connectivity index (χ0n) is 11.3. The topological polar surface area (TPSA) is 84.3 Å². The Labute approximate surface area is 120 Å². The average molecular weight is 286 g/mol. The van der Waals surface area contributed by atoms with Crippen molar-refractivity contribution in [1.29, 1.82) is 0 Å². The molecule has 0 aliphatic carbocycles. The van der Waals surface area contributed by atoms with E-state index in [4.69, 9.17) is 0 Å². The van der Waals surface area contributed by atoms with Gasteiger partial charge in [-0.2, -0.15) is 0 Å². The van der Waals surface area contributed by atoms with Gasteiger partial charge in [0, 0.05) is 25.8 Å². The third kappa shape index (κ3) is 2.62. The Morgan fingerprint density at radius 1 is 1.19 bits per heavy atom. The Bertz CT molecular complexity index is 706. The number of nitrogens with one attached hydrogen (secondary N) is 1. The summed E-state index contributed by atoms with van der Waals surface area (Å²) in [5.74, 6) is -0.688. The van der Waals surface area contributed by atoms with Gasteiger partial charge < -0.3 is 0 Å². The van der Waals surface area contributed by atoms with Crippen LogP contribution in [0.3, 0.4) is 0 Å². The fourth-order valence-electron chi connectivity index (χ4n) is 2.32. The predicted octanol–water partition coefficient (Wildman–Crippen LogP) is 0.645. The molecule has 3 amide bonds. The predicted molar refractivity (Wildman–Crippen MR) is 74.7 cm³/mol. The van der Waals surface area contributed by atoms with E-state index in [0.717, 1.165) is 15.9 Å². The van der Waals surface area contributed by atoms with Crippen molar-refractivity contribution in [1.82, 2.24) is 14.6 Å². The van der Waals surface area contributed by atoms with Crippen molar-refractivity contribution in [3.05, 3.63) is 30.6 Å². The van der Waals surface area contributed by atoms with E-state index < -0.39 is 0 Å². The molecule has 2 aromatic rings. The summed E-state index contributed by atoms with van der Waals surface area (Å²) in [6.07, 6.45) is 2.08. The van der Waals surface area contributed by atoms with E-state index in [1.54, 1.807) is 0 Å². The summed E-state index contributed by atoms with van der Waals surface area (Å²) in [5.41, 5.74) is 4.26. The lowest BCUT2D eigenvalue weighted by Crippen LogP contribution is -2.33. The van der Waals surface area contributed by atoms with Crippen LogP contribution in [0.1, 0.15) is 19.3 Å². The zero-order chi connectivity index (χ0) is 14.8. The second-order valence-electron chi connectivity index (χ2n) is 4.83. The minimum atomic E-state index is -0.273. The molecule has 1 fully saturated rings. The lowest BCUT2D eigenvalue weighted by Gasteiger charge is -2.13. The third-order valence-electron chi connectivity index (χ3n) is 3.42. The van der Waals surface area contributed by atoms with Crippen LogP contribution in [0.15, 0.2) is 30.6 Å². The Morgan fingerprint density at radius 2 is 1.90 bits per heavy atom. The van der Waals surface area contributed by atoms with Crippen molar-refractivity contribution in [2.75, 3.05) is 12.0 Å². The van der Waals surface area contributed by atoms with Crippen molar-refractivity contribution in [3.8, 4) is 0 Å². The van der Waals surface area contributed by atoms with Gasteiger partial charge in [-0.05, 0) is 12.1 Å². The number of aromatic nitrogens is 2. The minimum absolute atomic E-state index is 0.0734. The first-order chi connectivity index (χ1) is 10.1. The zero-order valence-corrected chi connectivity index (χ0v) is 11.3. The van der Waals surface area contributed by atoms with Crippen LogP contribution in [0.25, 0.3) is 11.0 Å². The van der Waals surface area contributed by atoms with Gasteiger partial charge in [0.15, 0.2) is 0 Å². The molecule has 108 valence electrons. The van der Waals surface area contributed by atoms with Gasteiger partial charge in [-0.25, -0.2) is 9.66 Å². The van der Waals surface area contributed by atoms with Crippen LogP contribution in [0.5, 0.6) is 0 Å². The van der Waals surface area contributed by atoms with Crippen LogP contribution in [-0.2, 0) is 14.4 Å². The highest BCUT2D eigenvalue weighted by molar-refractivity contribution is 6.02. The van der Waals surface area contributed by atoms with Crippen molar-refractivity contribution in [2.24, 2.45) is 0 Å². The molecule has 1 aromatic heterocycles. The van der Waals surface area contributed by atoms with E-state index in [0.29, 0.717) is 0 Å². The molecular weight excluding hydrogens is 272 g/mol. The first kappa shape index (κ1) is 13.3. The van der Waals surface area contributed by atoms with Gasteiger partial charge in [0.25, 0.3) is 0 Å². The van der Waals surface area contributed by atoms with Gasteiger partial charge >= 0.3 is 0 Å². The van der Waals surface area contributed by atoms with Gasteiger partial charge in [-0.1, -0.05) is 12.1 Å². The molecule has 3 rings (SSSR count). The maximum atomic E-state index is 11.9. The van der Waals surface area contributed by atoms with Crippen molar-refractivity contribution in [2.45, 2.75) is 19.3 Å². The van der Waals surface area contributed by atoms with E-state index in [1.165, 1.54) is 11.0 Å². The minimum Gasteiger partial charge on any atom is -0.282 e. The second kappa shape index (κ2) is 5.35. The Balaban J connectivity index is 1.62. The molecule has 1 aromatic carbocycles. The van der Waals surface area contributed by atoms with Crippen molar-refractivity contribution in [3.63, 3.8) is 0 Å². The molecule has 7 nitrogen and oxygen atoms in total. The largest absolute Gasteiger partial charge is 0.282 e. The molecule has 0 unspecified atom stereocenters. The summed E-state index contributed by atoms with van der Waals surface area (Å²) >= 11 is 0. The Morgan fingerprint density at radius 3 is 2.67 bits per heavy atom. The standard InChI is InChI=1S/C14H14N4O3/c19-12(7-8-17-13(20)5-6-14(17)21)16-18-9-15-10-3-1-2-4-11(10)18/h1-4,9H,5-8H2,(H,16,19). The number of benzene rings is 1. The number of hydrogen-bond acceptors (Lipinski definition) is 4. The van der Waals surface area contributed by atoms with E-state index in [2.05, 4.69) is 10.4 Å². The molecule has 2 heterocycles. The molecule has 7 heteroatoms. The molecule has 0 saturated carbocycles. The number of rotatable bonds is 4. The van der Waals surface area contributed by atoms with Gasteiger partial charge in [-0.15, -0.1) is 0 Å². The lowest BCUT2D eigenvalue weighted by molar-refractivity contribution is -0.138. The average Bonchev–Trinajstić information content (AvgIpc) is 3.02. The number of fused-ring (bicyclic) bond motifs is 1. The number of nitrogens with zero attached hydrogens (tertiary/aromatic N) is 3. The number of imidazole rings is 1. The maximum absolute atomic E-state index is 11.9. The molecule has 0 radical (unpaired) electrons. The van der Waals surface area contributed by atoms with Gasteiger partial charge in [-0.3, -0.25) is 24.7 Å². The summed E-state index contributed by atoms with van der Waals surface area (Å²) in [6.45, 7) is 0.121. The second-order valence-corrected chi connectivity index (χ2v) is 4.83. The van der Waals surface area contributed by atoms with Crippen molar-refractivity contribution < 1.29 is 14.4 Å². The number of likely N-dealkylation sites (tertiary alicyclic amines) is 1. The van der Waals surface area contributed by atoms with Crippen LogP contribution >= 0.6 is 0 Å². The number of para-hydroxylation sites is 2. The van der Waals surface area contributed by atoms with E-state index in [9.17, 15) is 14.4 Å². The number of carbonyl (C=O) groups excluding carboxylic acids is 3. The molecule has 1 aliphatic heterocycles. The van der Waals surface area contributed by atoms with Crippen LogP contribution in [0, 0.1) is 0 Å². The summed E-state index contributed by atoms with van der Waals surface area (Å²) in [4.78, 5) is 40.1. The number of amides is 3. The normalized spacial score (nSPS) is 15.0. The summed E-state index contributed by atoms with van der Waals surface area (Å²) in [7, 11) is 0. The Kier molecular flexibility index (Phi) is 3.39.